The summed E-state index contributed by atoms with van der Waals surface area (Å²) in [5.41, 5.74) is 2.98. The summed E-state index contributed by atoms with van der Waals surface area (Å²) in [6.07, 6.45) is 9.34. The number of aromatic nitrogens is 2. The molecule has 2 heterocycles. The predicted molar refractivity (Wildman–Crippen MR) is 128 cm³/mol. The topological polar surface area (TPSA) is 61.2 Å². The van der Waals surface area contributed by atoms with Crippen molar-refractivity contribution < 1.29 is 9.53 Å². The summed E-state index contributed by atoms with van der Waals surface area (Å²) in [5, 5.41) is 0.707. The number of benzene rings is 1. The predicted octanol–water partition coefficient (Wildman–Crippen LogP) is 5.75. The number of carbonyl (C=O) groups is 1. The lowest BCUT2D eigenvalue weighted by atomic mass is 9.97. The van der Waals surface area contributed by atoms with E-state index in [1.807, 2.05) is 31.2 Å². The molecule has 0 N–H and O–H groups in total. The Balaban J connectivity index is 1.64. The zero-order valence-electron chi connectivity index (χ0n) is 18.9. The zero-order chi connectivity index (χ0) is 22.2. The van der Waals surface area contributed by atoms with Gasteiger partial charge >= 0.3 is 5.97 Å². The van der Waals surface area contributed by atoms with E-state index >= 15 is 0 Å². The molecule has 1 saturated carbocycles. The van der Waals surface area contributed by atoms with Gasteiger partial charge in [-0.05, 0) is 76.8 Å². The van der Waals surface area contributed by atoms with Crippen molar-refractivity contribution in [2.45, 2.75) is 83.8 Å². The SMILES string of the molecule is Cc1cccc(-c2nc3sc4c(c3c(=O)n2C(C)C(=O)OC2CCCCC2)CCCC4)c1. The van der Waals surface area contributed by atoms with Gasteiger partial charge in [0.1, 0.15) is 22.8 Å². The molecule has 3 aromatic rings. The molecule has 1 aromatic carbocycles. The smallest absolute Gasteiger partial charge is 0.329 e. The van der Waals surface area contributed by atoms with Crippen LogP contribution in [-0.2, 0) is 22.4 Å². The normalized spacial score (nSPS) is 17.8. The first kappa shape index (κ1) is 21.4. The van der Waals surface area contributed by atoms with Crippen LogP contribution in [-0.4, -0.2) is 21.6 Å². The van der Waals surface area contributed by atoms with Crippen LogP contribution in [0.5, 0.6) is 0 Å². The lowest BCUT2D eigenvalue weighted by molar-refractivity contribution is -0.154. The average molecular weight is 451 g/mol. The maximum absolute atomic E-state index is 13.9. The second-order valence-corrected chi connectivity index (χ2v) is 10.3. The van der Waals surface area contributed by atoms with Gasteiger partial charge in [0.15, 0.2) is 0 Å². The molecule has 2 aliphatic carbocycles. The van der Waals surface area contributed by atoms with Gasteiger partial charge in [-0.25, -0.2) is 9.78 Å². The standard InChI is InChI=1S/C26H30N2O3S/c1-16-9-8-10-18(15-16)23-27-24-22(20-13-6-7-14-21(20)32-24)25(29)28(23)17(2)26(30)31-19-11-4-3-5-12-19/h8-10,15,17,19H,3-7,11-14H2,1-2H3. The molecule has 0 saturated heterocycles. The summed E-state index contributed by atoms with van der Waals surface area (Å²) in [7, 11) is 0. The number of fused-ring (bicyclic) bond motifs is 3. The van der Waals surface area contributed by atoms with E-state index < -0.39 is 6.04 Å². The molecule has 0 aliphatic heterocycles. The van der Waals surface area contributed by atoms with Crippen molar-refractivity contribution in [2.75, 3.05) is 0 Å². The Kier molecular flexibility index (Phi) is 5.89. The molecule has 0 spiro atoms. The molecule has 0 amide bonds. The minimum Gasteiger partial charge on any atom is -0.461 e. The number of rotatable bonds is 4. The number of ether oxygens (including phenoxy) is 1. The van der Waals surface area contributed by atoms with E-state index in [0.717, 1.165) is 72.9 Å². The number of esters is 1. The highest BCUT2D eigenvalue weighted by molar-refractivity contribution is 7.18. The van der Waals surface area contributed by atoms with Crippen LogP contribution in [0.15, 0.2) is 29.1 Å². The number of aryl methyl sites for hydroxylation is 3. The molecule has 2 aliphatic rings. The third-order valence-electron chi connectivity index (χ3n) is 6.86. The fraction of sp³-hybridized carbons (Fsp3) is 0.500. The van der Waals surface area contributed by atoms with E-state index in [2.05, 4.69) is 0 Å². The summed E-state index contributed by atoms with van der Waals surface area (Å²) in [5.74, 6) is 0.219. The van der Waals surface area contributed by atoms with Gasteiger partial charge in [-0.15, -0.1) is 11.3 Å². The molecule has 1 fully saturated rings. The van der Waals surface area contributed by atoms with E-state index in [1.165, 1.54) is 11.3 Å². The summed E-state index contributed by atoms with van der Waals surface area (Å²) in [4.78, 5) is 34.1. The van der Waals surface area contributed by atoms with Gasteiger partial charge in [0, 0.05) is 10.4 Å². The summed E-state index contributed by atoms with van der Waals surface area (Å²) in [6.45, 7) is 3.80. The fourth-order valence-corrected chi connectivity index (χ4v) is 6.37. The molecule has 0 radical (unpaired) electrons. The van der Waals surface area contributed by atoms with Crippen molar-refractivity contribution in [3.05, 3.63) is 50.6 Å². The molecule has 6 heteroatoms. The van der Waals surface area contributed by atoms with Crippen LogP contribution in [0, 0.1) is 6.92 Å². The average Bonchev–Trinajstić information content (AvgIpc) is 3.18. The first-order chi connectivity index (χ1) is 15.5. The maximum Gasteiger partial charge on any atom is 0.329 e. The molecular weight excluding hydrogens is 420 g/mol. The van der Waals surface area contributed by atoms with Gasteiger partial charge in [-0.2, -0.15) is 0 Å². The van der Waals surface area contributed by atoms with E-state index in [4.69, 9.17) is 9.72 Å². The summed E-state index contributed by atoms with van der Waals surface area (Å²) < 4.78 is 7.45. The van der Waals surface area contributed by atoms with Gasteiger partial charge in [0.05, 0.1) is 5.39 Å². The number of hydrogen-bond donors (Lipinski definition) is 0. The molecule has 32 heavy (non-hydrogen) atoms. The fourth-order valence-electron chi connectivity index (χ4n) is 5.12. The van der Waals surface area contributed by atoms with Gasteiger partial charge in [-0.3, -0.25) is 9.36 Å². The van der Waals surface area contributed by atoms with Gasteiger partial charge in [0.25, 0.3) is 5.56 Å². The first-order valence-electron chi connectivity index (χ1n) is 11.9. The van der Waals surface area contributed by atoms with Crippen LogP contribution in [0.25, 0.3) is 21.6 Å². The quantitative estimate of drug-likeness (QED) is 0.475. The molecule has 5 nitrogen and oxygen atoms in total. The minimum absolute atomic E-state index is 0.0394. The molecule has 5 rings (SSSR count). The second kappa shape index (κ2) is 8.81. The monoisotopic (exact) mass is 450 g/mol. The van der Waals surface area contributed by atoms with Crippen molar-refractivity contribution in [3.8, 4) is 11.4 Å². The van der Waals surface area contributed by atoms with Crippen LogP contribution in [0.2, 0.25) is 0 Å². The molecular formula is C26H30N2O3S. The van der Waals surface area contributed by atoms with E-state index in [1.54, 1.807) is 22.8 Å². The van der Waals surface area contributed by atoms with Crippen LogP contribution in [0.1, 0.15) is 73.9 Å². The highest BCUT2D eigenvalue weighted by Crippen LogP contribution is 2.35. The van der Waals surface area contributed by atoms with Crippen LogP contribution in [0.3, 0.4) is 0 Å². The highest BCUT2D eigenvalue weighted by Gasteiger charge is 2.29. The molecule has 0 bridgehead atoms. The van der Waals surface area contributed by atoms with E-state index in [0.29, 0.717) is 11.2 Å². The highest BCUT2D eigenvalue weighted by atomic mass is 32.1. The second-order valence-electron chi connectivity index (χ2n) is 9.24. The number of nitrogens with zero attached hydrogens (tertiary/aromatic N) is 2. The maximum atomic E-state index is 13.9. The minimum atomic E-state index is -0.726. The van der Waals surface area contributed by atoms with Gasteiger partial charge in [-0.1, -0.05) is 30.2 Å². The lowest BCUT2D eigenvalue weighted by Crippen LogP contribution is -2.33. The number of thiophene rings is 1. The third-order valence-corrected chi connectivity index (χ3v) is 8.05. The van der Waals surface area contributed by atoms with Crippen LogP contribution >= 0.6 is 11.3 Å². The molecule has 1 atom stereocenters. The Morgan fingerprint density at radius 1 is 1.16 bits per heavy atom. The largest absolute Gasteiger partial charge is 0.461 e. The van der Waals surface area contributed by atoms with E-state index in [-0.39, 0.29) is 17.6 Å². The van der Waals surface area contributed by atoms with Gasteiger partial charge in [0.2, 0.25) is 0 Å². The Morgan fingerprint density at radius 2 is 1.94 bits per heavy atom. The van der Waals surface area contributed by atoms with Crippen LogP contribution in [0.4, 0.5) is 0 Å². The van der Waals surface area contributed by atoms with E-state index in [9.17, 15) is 9.59 Å². The van der Waals surface area contributed by atoms with Crippen LogP contribution < -0.4 is 5.56 Å². The molecule has 168 valence electrons. The molecule has 1 unspecified atom stereocenters. The Labute approximate surface area is 192 Å². The summed E-state index contributed by atoms with van der Waals surface area (Å²) >= 11 is 1.64. The van der Waals surface area contributed by atoms with Crippen molar-refractivity contribution in [1.29, 1.82) is 0 Å². The van der Waals surface area contributed by atoms with Crippen molar-refractivity contribution in [2.24, 2.45) is 0 Å². The first-order valence-corrected chi connectivity index (χ1v) is 12.7. The Morgan fingerprint density at radius 3 is 2.72 bits per heavy atom. The summed E-state index contributed by atoms with van der Waals surface area (Å²) in [6, 6.07) is 7.25. The van der Waals surface area contributed by atoms with Crippen molar-refractivity contribution in [1.82, 2.24) is 9.55 Å². The Hall–Kier alpha value is -2.47. The Bertz CT molecular complexity index is 1220. The number of carbonyl (C=O) groups excluding carboxylic acids is 1. The van der Waals surface area contributed by atoms with Crippen molar-refractivity contribution >= 4 is 27.5 Å². The molecule has 2 aromatic heterocycles. The lowest BCUT2D eigenvalue weighted by Gasteiger charge is -2.25. The van der Waals surface area contributed by atoms with Crippen molar-refractivity contribution in [3.63, 3.8) is 0 Å². The third kappa shape index (κ3) is 3.90. The zero-order valence-corrected chi connectivity index (χ0v) is 19.7. The van der Waals surface area contributed by atoms with Gasteiger partial charge < -0.3 is 4.74 Å². The number of hydrogen-bond acceptors (Lipinski definition) is 5.